The average Bonchev–Trinajstić information content (AvgIpc) is 3.38. The summed E-state index contributed by atoms with van der Waals surface area (Å²) in [7, 11) is 1.43. The Balaban J connectivity index is 1.41. The summed E-state index contributed by atoms with van der Waals surface area (Å²) in [6.07, 6.45) is -0.814. The number of rotatable bonds is 6. The fraction of sp³-hybridized carbons (Fsp3) is 0.333. The molecule has 0 fully saturated rings. The van der Waals surface area contributed by atoms with Crippen LogP contribution < -0.4 is 14.8 Å². The molecule has 2 aromatic carbocycles. The Kier molecular flexibility index (Phi) is 6.44. The summed E-state index contributed by atoms with van der Waals surface area (Å²) in [4.78, 5) is 8.68. The van der Waals surface area contributed by atoms with Crippen molar-refractivity contribution < 1.29 is 27.0 Å². The molecule has 0 unspecified atom stereocenters. The predicted octanol–water partition coefficient (Wildman–Crippen LogP) is 5.27. The van der Waals surface area contributed by atoms with Crippen LogP contribution >= 0.6 is 0 Å². The van der Waals surface area contributed by atoms with E-state index in [1.54, 1.807) is 29.8 Å². The molecule has 5 rings (SSSR count). The van der Waals surface area contributed by atoms with Crippen molar-refractivity contribution in [3.05, 3.63) is 65.8 Å². The number of aromatic nitrogens is 6. The number of nitrogens with one attached hydrogen (secondary N) is 1. The van der Waals surface area contributed by atoms with E-state index in [9.17, 15) is 13.2 Å². The number of nitrogens with zero attached hydrogens (tertiary/aromatic N) is 6. The van der Waals surface area contributed by atoms with Crippen molar-refractivity contribution in [3.63, 3.8) is 0 Å². The highest BCUT2D eigenvalue weighted by Gasteiger charge is 2.31. The Labute approximate surface area is 209 Å². The second-order valence-electron chi connectivity index (χ2n) is 8.55. The minimum atomic E-state index is -4.75. The lowest BCUT2D eigenvalue weighted by Crippen LogP contribution is -2.17. The predicted molar refractivity (Wildman–Crippen MR) is 125 cm³/mol. The second kappa shape index (κ2) is 9.71. The molecule has 2 aromatic heterocycles. The van der Waals surface area contributed by atoms with Gasteiger partial charge in [0.05, 0.1) is 7.11 Å². The summed E-state index contributed by atoms with van der Waals surface area (Å²) < 4.78 is 65.1. The molecule has 3 heterocycles. The Morgan fingerprint density at radius 1 is 1.08 bits per heavy atom. The second-order valence-corrected chi connectivity index (χ2v) is 8.55. The third-order valence-electron chi connectivity index (χ3n) is 5.98. The topological polar surface area (TPSA) is 91.9 Å². The Bertz CT molecular complexity index is 1400. The molecule has 1 aliphatic rings. The molecule has 0 aliphatic carbocycles. The number of benzene rings is 2. The lowest BCUT2D eigenvalue weighted by atomic mass is 9.93. The van der Waals surface area contributed by atoms with Gasteiger partial charge in [0.25, 0.3) is 0 Å². The highest BCUT2D eigenvalue weighted by Crippen LogP contribution is 2.35. The first-order chi connectivity index (χ1) is 17.7. The van der Waals surface area contributed by atoms with Crippen molar-refractivity contribution in [2.24, 2.45) is 0 Å². The zero-order valence-electron chi connectivity index (χ0n) is 20.0. The van der Waals surface area contributed by atoms with Gasteiger partial charge in [-0.25, -0.2) is 18.7 Å². The van der Waals surface area contributed by atoms with Crippen LogP contribution in [0.3, 0.4) is 0 Å². The number of hydrogen-bond donors (Lipinski definition) is 1. The number of methoxy groups -OCH3 is 1. The Morgan fingerprint density at radius 3 is 2.54 bits per heavy atom. The highest BCUT2D eigenvalue weighted by atomic mass is 19.4. The van der Waals surface area contributed by atoms with Gasteiger partial charge in [0.2, 0.25) is 5.95 Å². The first-order valence-electron chi connectivity index (χ1n) is 11.5. The zero-order valence-corrected chi connectivity index (χ0v) is 20.0. The molecular weight excluding hydrogens is 494 g/mol. The minimum absolute atomic E-state index is 0.125. The maximum absolute atomic E-state index is 15.1. The van der Waals surface area contributed by atoms with Gasteiger partial charge in [-0.1, -0.05) is 18.6 Å². The van der Waals surface area contributed by atoms with Crippen molar-refractivity contribution in [1.82, 2.24) is 29.5 Å². The molecule has 0 saturated carbocycles. The van der Waals surface area contributed by atoms with Crippen LogP contribution in [0.2, 0.25) is 0 Å². The van der Waals surface area contributed by atoms with E-state index in [1.807, 2.05) is 0 Å². The molecule has 1 N–H and O–H groups in total. The van der Waals surface area contributed by atoms with E-state index in [1.165, 1.54) is 36.3 Å². The van der Waals surface area contributed by atoms with Crippen molar-refractivity contribution in [3.8, 4) is 17.2 Å². The van der Waals surface area contributed by atoms with Crippen LogP contribution in [-0.4, -0.2) is 43.0 Å². The lowest BCUT2D eigenvalue weighted by Gasteiger charge is -2.15. The molecular formula is C24H23F4N7O2. The van der Waals surface area contributed by atoms with E-state index >= 15 is 4.39 Å². The van der Waals surface area contributed by atoms with Crippen LogP contribution in [0.15, 0.2) is 42.7 Å². The molecule has 1 aliphatic heterocycles. The van der Waals surface area contributed by atoms with Gasteiger partial charge in [0, 0.05) is 24.2 Å². The first-order valence-corrected chi connectivity index (χ1v) is 11.5. The van der Waals surface area contributed by atoms with Crippen LogP contribution in [0, 0.1) is 12.7 Å². The van der Waals surface area contributed by atoms with E-state index in [0.29, 0.717) is 23.9 Å². The molecule has 0 bridgehead atoms. The molecule has 9 nitrogen and oxygen atoms in total. The Morgan fingerprint density at radius 2 is 1.86 bits per heavy atom. The summed E-state index contributed by atoms with van der Waals surface area (Å²) in [5.41, 5.74) is 1.30. The number of ether oxygens (including phenoxy) is 2. The Hall–Kier alpha value is -4.16. The maximum atomic E-state index is 15.1. The lowest BCUT2D eigenvalue weighted by molar-refractivity contribution is -0.274. The molecule has 0 radical (unpaired) electrons. The van der Waals surface area contributed by atoms with Gasteiger partial charge >= 0.3 is 6.36 Å². The monoisotopic (exact) mass is 517 g/mol. The number of alkyl halides is 3. The number of halogens is 4. The third-order valence-corrected chi connectivity index (χ3v) is 5.98. The number of fused-ring (bicyclic) bond motifs is 1. The number of anilines is 2. The minimum Gasteiger partial charge on any atom is -0.494 e. The number of aryl methyl sites for hydroxylation is 2. The van der Waals surface area contributed by atoms with Crippen LogP contribution in [0.5, 0.6) is 11.5 Å². The molecule has 0 amide bonds. The van der Waals surface area contributed by atoms with E-state index in [2.05, 4.69) is 30.2 Å². The third kappa shape index (κ3) is 5.34. The fourth-order valence-corrected chi connectivity index (χ4v) is 4.39. The summed E-state index contributed by atoms with van der Waals surface area (Å²) in [5.74, 6) is 0.642. The summed E-state index contributed by atoms with van der Waals surface area (Å²) >= 11 is 0. The standard InChI is InChI=1S/C24H23F4N7O2/c1-14-29-13-35(32-14)21-19(25)11-16(12-20(21)36-2)30-23-31-22-18(5-3-4-10-34(22)33-23)15-6-8-17(9-7-15)37-24(26,27)28/h6-9,11-13,18H,3-5,10H2,1-2H3,(H,30,33)/t18-/m0/s1. The van der Waals surface area contributed by atoms with Crippen LogP contribution in [0.25, 0.3) is 5.69 Å². The largest absolute Gasteiger partial charge is 0.573 e. The average molecular weight is 517 g/mol. The number of hydrogen-bond acceptors (Lipinski definition) is 7. The smallest absolute Gasteiger partial charge is 0.494 e. The van der Waals surface area contributed by atoms with Gasteiger partial charge < -0.3 is 14.8 Å². The molecule has 13 heteroatoms. The van der Waals surface area contributed by atoms with Gasteiger partial charge in [-0.2, -0.15) is 10.1 Å². The summed E-state index contributed by atoms with van der Waals surface area (Å²) in [5, 5.41) is 11.7. The molecule has 4 aromatic rings. The van der Waals surface area contributed by atoms with E-state index < -0.39 is 12.2 Å². The van der Waals surface area contributed by atoms with Gasteiger partial charge in [-0.05, 0) is 43.5 Å². The zero-order chi connectivity index (χ0) is 26.2. The maximum Gasteiger partial charge on any atom is 0.573 e. The van der Waals surface area contributed by atoms with Gasteiger partial charge in [0.1, 0.15) is 35.2 Å². The van der Waals surface area contributed by atoms with Crippen molar-refractivity contribution in [2.45, 2.75) is 45.0 Å². The van der Waals surface area contributed by atoms with Gasteiger partial charge in [-0.15, -0.1) is 18.3 Å². The van der Waals surface area contributed by atoms with E-state index in [0.717, 1.165) is 24.8 Å². The van der Waals surface area contributed by atoms with Crippen molar-refractivity contribution in [2.75, 3.05) is 12.4 Å². The van der Waals surface area contributed by atoms with Gasteiger partial charge in [-0.3, -0.25) is 0 Å². The molecule has 37 heavy (non-hydrogen) atoms. The van der Waals surface area contributed by atoms with Crippen LogP contribution in [0.4, 0.5) is 29.2 Å². The van der Waals surface area contributed by atoms with E-state index in [4.69, 9.17) is 4.74 Å². The van der Waals surface area contributed by atoms with Gasteiger partial charge in [0.15, 0.2) is 5.82 Å². The molecule has 194 valence electrons. The first kappa shape index (κ1) is 24.5. The van der Waals surface area contributed by atoms with E-state index in [-0.39, 0.29) is 29.1 Å². The normalized spacial score (nSPS) is 15.7. The fourth-order valence-electron chi connectivity index (χ4n) is 4.39. The quantitative estimate of drug-likeness (QED) is 0.348. The molecule has 0 spiro atoms. The molecule has 1 atom stereocenters. The SMILES string of the molecule is COc1cc(Nc2nc3n(n2)CCCC[C@H]3c2ccc(OC(F)(F)F)cc2)cc(F)c1-n1cnc(C)n1. The summed E-state index contributed by atoms with van der Waals surface area (Å²) in [6.45, 7) is 2.33. The van der Waals surface area contributed by atoms with Crippen LogP contribution in [0.1, 0.15) is 42.4 Å². The van der Waals surface area contributed by atoms with Crippen molar-refractivity contribution in [1.29, 1.82) is 0 Å². The van der Waals surface area contributed by atoms with Crippen LogP contribution in [-0.2, 0) is 6.54 Å². The summed E-state index contributed by atoms with van der Waals surface area (Å²) in [6, 6.07) is 8.69. The highest BCUT2D eigenvalue weighted by molar-refractivity contribution is 5.62. The van der Waals surface area contributed by atoms with Crippen molar-refractivity contribution >= 4 is 11.6 Å². The molecule has 0 saturated heterocycles.